The minimum absolute atomic E-state index is 0.122. The molecule has 0 aliphatic rings. The first-order valence-corrected chi connectivity index (χ1v) is 6.24. The van der Waals surface area contributed by atoms with Crippen LogP contribution in [-0.4, -0.2) is 41.7 Å². The molecule has 2 N–H and O–H groups in total. The fourth-order valence-electron chi connectivity index (χ4n) is 1.36. The van der Waals surface area contributed by atoms with Crippen LogP contribution in [0.1, 0.15) is 20.3 Å². The van der Waals surface area contributed by atoms with Gasteiger partial charge >= 0.3 is 6.01 Å². The molecule has 1 heterocycles. The first-order valence-electron chi connectivity index (χ1n) is 5.86. The van der Waals surface area contributed by atoms with Crippen LogP contribution in [0.2, 0.25) is 5.28 Å². The van der Waals surface area contributed by atoms with Gasteiger partial charge in [-0.3, -0.25) is 0 Å². The van der Waals surface area contributed by atoms with Gasteiger partial charge in [0.1, 0.15) is 0 Å². The Labute approximate surface area is 113 Å². The molecule has 0 fully saturated rings. The van der Waals surface area contributed by atoms with E-state index in [9.17, 15) is 0 Å². The third-order valence-electron chi connectivity index (χ3n) is 2.75. The molecule has 7 heteroatoms. The maximum atomic E-state index is 6.00. The van der Waals surface area contributed by atoms with Crippen LogP contribution in [0.25, 0.3) is 0 Å². The number of hydrogen-bond acceptors (Lipinski definition) is 6. The highest BCUT2D eigenvalue weighted by molar-refractivity contribution is 6.28. The third kappa shape index (κ3) is 4.27. The predicted octanol–water partition coefficient (Wildman–Crippen LogP) is 1.34. The Hall–Kier alpha value is -1.14. The van der Waals surface area contributed by atoms with E-state index < -0.39 is 0 Å². The maximum Gasteiger partial charge on any atom is 0.322 e. The number of halogens is 1. The number of nitrogens with two attached hydrogens (primary N) is 1. The van der Waals surface area contributed by atoms with Gasteiger partial charge in [0.2, 0.25) is 11.2 Å². The summed E-state index contributed by atoms with van der Waals surface area (Å²) in [5.74, 6) is 0.942. The van der Waals surface area contributed by atoms with Crippen molar-refractivity contribution in [1.82, 2.24) is 15.0 Å². The molecule has 0 spiro atoms. The summed E-state index contributed by atoms with van der Waals surface area (Å²) in [6.45, 7) is 4.96. The van der Waals surface area contributed by atoms with Crippen LogP contribution in [0.5, 0.6) is 6.01 Å². The van der Waals surface area contributed by atoms with Crippen molar-refractivity contribution < 1.29 is 4.74 Å². The Kier molecular flexibility index (Phi) is 5.55. The van der Waals surface area contributed by atoms with Gasteiger partial charge in [0.05, 0.1) is 7.11 Å². The van der Waals surface area contributed by atoms with E-state index in [1.807, 2.05) is 11.9 Å². The largest absolute Gasteiger partial charge is 0.467 e. The molecule has 0 saturated heterocycles. The first kappa shape index (κ1) is 14.9. The standard InChI is InChI=1S/C11H20ClN5O/c1-7(2)8(13)5-6-17(3)10-14-9(12)15-11(16-10)18-4/h7-8H,5-6,13H2,1-4H3. The van der Waals surface area contributed by atoms with E-state index in [1.165, 1.54) is 7.11 Å². The van der Waals surface area contributed by atoms with Gasteiger partial charge in [-0.2, -0.15) is 15.0 Å². The minimum atomic E-state index is 0.122. The van der Waals surface area contributed by atoms with Gasteiger partial charge in [-0.05, 0) is 23.9 Å². The van der Waals surface area contributed by atoms with E-state index in [-0.39, 0.29) is 17.3 Å². The van der Waals surface area contributed by atoms with E-state index in [1.54, 1.807) is 0 Å². The first-order chi connectivity index (χ1) is 8.43. The smallest absolute Gasteiger partial charge is 0.322 e. The minimum Gasteiger partial charge on any atom is -0.467 e. The van der Waals surface area contributed by atoms with E-state index in [4.69, 9.17) is 22.1 Å². The van der Waals surface area contributed by atoms with Crippen LogP contribution in [-0.2, 0) is 0 Å². The van der Waals surface area contributed by atoms with Gasteiger partial charge in [0, 0.05) is 19.6 Å². The summed E-state index contributed by atoms with van der Waals surface area (Å²) in [5.41, 5.74) is 6.00. The summed E-state index contributed by atoms with van der Waals surface area (Å²) >= 11 is 5.79. The SMILES string of the molecule is COc1nc(Cl)nc(N(C)CCC(N)C(C)C)n1. The topological polar surface area (TPSA) is 77.2 Å². The highest BCUT2D eigenvalue weighted by atomic mass is 35.5. The van der Waals surface area contributed by atoms with Crippen molar-refractivity contribution in [2.24, 2.45) is 11.7 Å². The second-order valence-electron chi connectivity index (χ2n) is 4.51. The van der Waals surface area contributed by atoms with Crippen LogP contribution < -0.4 is 15.4 Å². The van der Waals surface area contributed by atoms with Crippen LogP contribution in [0.15, 0.2) is 0 Å². The highest BCUT2D eigenvalue weighted by Crippen LogP contribution is 2.14. The molecule has 0 aliphatic carbocycles. The summed E-state index contributed by atoms with van der Waals surface area (Å²) < 4.78 is 4.95. The van der Waals surface area contributed by atoms with Crippen molar-refractivity contribution in [1.29, 1.82) is 0 Å². The quantitative estimate of drug-likeness (QED) is 0.843. The van der Waals surface area contributed by atoms with Crippen molar-refractivity contribution in [3.8, 4) is 6.01 Å². The fourth-order valence-corrected chi connectivity index (χ4v) is 1.51. The Morgan fingerprint density at radius 1 is 1.33 bits per heavy atom. The van der Waals surface area contributed by atoms with Gasteiger partial charge in [-0.25, -0.2) is 0 Å². The van der Waals surface area contributed by atoms with Crippen LogP contribution in [0.3, 0.4) is 0 Å². The normalized spacial score (nSPS) is 12.6. The van der Waals surface area contributed by atoms with E-state index in [0.29, 0.717) is 11.9 Å². The molecule has 102 valence electrons. The van der Waals surface area contributed by atoms with Gasteiger partial charge in [-0.1, -0.05) is 13.8 Å². The molecule has 1 rings (SSSR count). The summed E-state index contributed by atoms with van der Waals surface area (Å²) in [7, 11) is 3.38. The zero-order chi connectivity index (χ0) is 13.7. The Morgan fingerprint density at radius 2 is 2.00 bits per heavy atom. The molecule has 6 nitrogen and oxygen atoms in total. The zero-order valence-electron chi connectivity index (χ0n) is 11.2. The Bertz CT molecular complexity index is 388. The van der Waals surface area contributed by atoms with Crippen molar-refractivity contribution in [2.75, 3.05) is 25.6 Å². The third-order valence-corrected chi connectivity index (χ3v) is 2.92. The number of rotatable bonds is 6. The molecule has 18 heavy (non-hydrogen) atoms. The summed E-state index contributed by atoms with van der Waals surface area (Å²) in [6, 6.07) is 0.372. The lowest BCUT2D eigenvalue weighted by Gasteiger charge is -2.21. The maximum absolute atomic E-state index is 6.00. The van der Waals surface area contributed by atoms with Crippen LogP contribution in [0, 0.1) is 5.92 Å². The summed E-state index contributed by atoms with van der Waals surface area (Å²) in [5, 5.41) is 0.122. The molecule has 1 aromatic rings. The van der Waals surface area contributed by atoms with Crippen molar-refractivity contribution in [2.45, 2.75) is 26.3 Å². The lowest BCUT2D eigenvalue weighted by Crippen LogP contribution is -2.32. The molecule has 1 unspecified atom stereocenters. The second-order valence-corrected chi connectivity index (χ2v) is 4.85. The van der Waals surface area contributed by atoms with Gasteiger partial charge < -0.3 is 15.4 Å². The highest BCUT2D eigenvalue weighted by Gasteiger charge is 2.12. The molecule has 0 radical (unpaired) electrons. The lowest BCUT2D eigenvalue weighted by atomic mass is 10.0. The zero-order valence-corrected chi connectivity index (χ0v) is 12.0. The molecular weight excluding hydrogens is 254 g/mol. The van der Waals surface area contributed by atoms with E-state index in [0.717, 1.165) is 13.0 Å². The molecule has 0 aliphatic heterocycles. The number of ether oxygens (including phenoxy) is 1. The average molecular weight is 274 g/mol. The van der Waals surface area contributed by atoms with Gasteiger partial charge in [0.25, 0.3) is 0 Å². The van der Waals surface area contributed by atoms with E-state index in [2.05, 4.69) is 28.8 Å². The molecule has 0 bridgehead atoms. The monoisotopic (exact) mass is 273 g/mol. The number of aromatic nitrogens is 3. The number of methoxy groups -OCH3 is 1. The van der Waals surface area contributed by atoms with Gasteiger partial charge in [-0.15, -0.1) is 0 Å². The second kappa shape index (κ2) is 6.70. The molecule has 1 atom stereocenters. The molecule has 0 saturated carbocycles. The summed E-state index contributed by atoms with van der Waals surface area (Å²) in [4.78, 5) is 13.9. The van der Waals surface area contributed by atoms with Gasteiger partial charge in [0.15, 0.2) is 0 Å². The van der Waals surface area contributed by atoms with Crippen molar-refractivity contribution >= 4 is 17.5 Å². The van der Waals surface area contributed by atoms with Crippen molar-refractivity contribution in [3.05, 3.63) is 5.28 Å². The van der Waals surface area contributed by atoms with Crippen LogP contribution >= 0.6 is 11.6 Å². The van der Waals surface area contributed by atoms with E-state index >= 15 is 0 Å². The Balaban J connectivity index is 2.66. The molecule has 0 aromatic carbocycles. The average Bonchev–Trinajstić information content (AvgIpc) is 2.34. The number of anilines is 1. The van der Waals surface area contributed by atoms with Crippen LogP contribution in [0.4, 0.5) is 5.95 Å². The predicted molar refractivity (Wildman–Crippen MR) is 72.1 cm³/mol. The Morgan fingerprint density at radius 3 is 2.56 bits per heavy atom. The molecule has 0 amide bonds. The fraction of sp³-hybridized carbons (Fsp3) is 0.727. The number of nitrogens with zero attached hydrogens (tertiary/aromatic N) is 4. The lowest BCUT2D eigenvalue weighted by molar-refractivity contribution is 0.378. The molecular formula is C11H20ClN5O. The summed E-state index contributed by atoms with van der Waals surface area (Å²) in [6.07, 6.45) is 0.861. The number of hydrogen-bond donors (Lipinski definition) is 1. The van der Waals surface area contributed by atoms with Crippen molar-refractivity contribution in [3.63, 3.8) is 0 Å². The molecule has 1 aromatic heterocycles.